The van der Waals surface area contributed by atoms with Gasteiger partial charge in [0.05, 0.1) is 19.8 Å². The number of hydrogen-bond acceptors (Lipinski definition) is 3. The lowest BCUT2D eigenvalue weighted by molar-refractivity contribution is 0.00341. The predicted octanol–water partition coefficient (Wildman–Crippen LogP) is 3.57. The maximum absolute atomic E-state index is 12.4. The minimum Gasteiger partial charge on any atom is -0.496 e. The van der Waals surface area contributed by atoms with Crippen molar-refractivity contribution in [2.75, 3.05) is 20.2 Å². The fourth-order valence-corrected chi connectivity index (χ4v) is 3.60. The van der Waals surface area contributed by atoms with Gasteiger partial charge in [-0.2, -0.15) is 0 Å². The highest BCUT2D eigenvalue weighted by Gasteiger charge is 2.28. The van der Waals surface area contributed by atoms with Gasteiger partial charge in [0, 0.05) is 24.7 Å². The summed E-state index contributed by atoms with van der Waals surface area (Å²) in [6, 6.07) is 8.32. The first kappa shape index (κ1) is 18.1. The van der Waals surface area contributed by atoms with E-state index in [4.69, 9.17) is 9.47 Å². The fraction of sp³-hybridized carbons (Fsp3) is 0.650. The number of hydrogen-bond donors (Lipinski definition) is 1. The Balaban J connectivity index is 1.40. The maximum Gasteiger partial charge on any atom is 0.317 e. The molecular weight excluding hydrogens is 316 g/mol. The van der Waals surface area contributed by atoms with E-state index >= 15 is 0 Å². The highest BCUT2D eigenvalue weighted by atomic mass is 16.5. The summed E-state index contributed by atoms with van der Waals surface area (Å²) in [7, 11) is 1.68. The van der Waals surface area contributed by atoms with Gasteiger partial charge in [-0.25, -0.2) is 4.79 Å². The van der Waals surface area contributed by atoms with Crippen LogP contribution in [0.25, 0.3) is 0 Å². The van der Waals surface area contributed by atoms with E-state index in [9.17, 15) is 4.79 Å². The monoisotopic (exact) mass is 346 g/mol. The molecule has 25 heavy (non-hydrogen) atoms. The average Bonchev–Trinajstić information content (AvgIpc) is 2.59. The molecule has 1 aliphatic heterocycles. The van der Waals surface area contributed by atoms with Crippen LogP contribution in [0.15, 0.2) is 24.3 Å². The van der Waals surface area contributed by atoms with Crippen LogP contribution in [0.3, 0.4) is 0 Å². The van der Waals surface area contributed by atoms with E-state index in [-0.39, 0.29) is 12.1 Å². The molecule has 0 bridgehead atoms. The lowest BCUT2D eigenvalue weighted by Gasteiger charge is -2.36. The second-order valence-corrected chi connectivity index (χ2v) is 7.24. The summed E-state index contributed by atoms with van der Waals surface area (Å²) < 4.78 is 11.4. The van der Waals surface area contributed by atoms with Crippen molar-refractivity contribution in [1.29, 1.82) is 0 Å². The lowest BCUT2D eigenvalue weighted by atomic mass is 9.80. The van der Waals surface area contributed by atoms with Crippen LogP contribution in [0, 0.1) is 5.92 Å². The zero-order valence-corrected chi connectivity index (χ0v) is 15.4. The average molecular weight is 346 g/mol. The molecule has 1 aromatic rings. The molecule has 1 atom stereocenters. The van der Waals surface area contributed by atoms with E-state index < -0.39 is 0 Å². The second-order valence-electron chi connectivity index (χ2n) is 7.24. The Kier molecular flexibility index (Phi) is 6.19. The Morgan fingerprint density at radius 3 is 2.60 bits per heavy atom. The van der Waals surface area contributed by atoms with Crippen LogP contribution >= 0.6 is 0 Å². The Morgan fingerprint density at radius 2 is 1.96 bits per heavy atom. The van der Waals surface area contributed by atoms with Gasteiger partial charge in [-0.05, 0) is 44.6 Å². The van der Waals surface area contributed by atoms with Crippen molar-refractivity contribution >= 4 is 6.03 Å². The third kappa shape index (κ3) is 4.66. The van der Waals surface area contributed by atoms with Crippen LogP contribution in [0.2, 0.25) is 0 Å². The maximum atomic E-state index is 12.4. The van der Waals surface area contributed by atoms with Crippen LogP contribution in [0.4, 0.5) is 4.79 Å². The van der Waals surface area contributed by atoms with Crippen LogP contribution < -0.4 is 10.1 Å². The Labute approximate surface area is 150 Å². The van der Waals surface area contributed by atoms with Gasteiger partial charge in [-0.15, -0.1) is 0 Å². The molecule has 2 amide bonds. The zero-order valence-electron chi connectivity index (χ0n) is 15.4. The van der Waals surface area contributed by atoms with Crippen LogP contribution in [-0.2, 0) is 11.3 Å². The topological polar surface area (TPSA) is 50.8 Å². The van der Waals surface area contributed by atoms with E-state index in [0.717, 1.165) is 37.2 Å². The van der Waals surface area contributed by atoms with Crippen molar-refractivity contribution in [2.24, 2.45) is 5.92 Å². The summed E-state index contributed by atoms with van der Waals surface area (Å²) in [5, 5.41) is 3.17. The summed E-state index contributed by atoms with van der Waals surface area (Å²) in [5.41, 5.74) is 1.07. The number of rotatable bonds is 6. The minimum atomic E-state index is 0.0857. The SMILES string of the molecule is COc1ccccc1COC1CCN(C(=O)NC(C)C2CCC2)CC1. The Bertz CT molecular complexity index is 566. The number of amides is 2. The van der Waals surface area contributed by atoms with Gasteiger partial charge in [-0.1, -0.05) is 24.6 Å². The normalized spacial score (nSPS) is 20.0. The number of ether oxygens (including phenoxy) is 2. The first-order chi connectivity index (χ1) is 12.2. The van der Waals surface area contributed by atoms with Crippen molar-refractivity contribution < 1.29 is 14.3 Å². The predicted molar refractivity (Wildman–Crippen MR) is 97.7 cm³/mol. The summed E-state index contributed by atoms with van der Waals surface area (Å²) in [5.74, 6) is 1.54. The Hall–Kier alpha value is -1.75. The van der Waals surface area contributed by atoms with Gasteiger partial charge < -0.3 is 19.7 Å². The van der Waals surface area contributed by atoms with E-state index in [1.807, 2.05) is 29.2 Å². The van der Waals surface area contributed by atoms with Gasteiger partial charge in [0.2, 0.25) is 0 Å². The number of carbonyl (C=O) groups is 1. The minimum absolute atomic E-state index is 0.0857. The fourth-order valence-electron chi connectivity index (χ4n) is 3.60. The molecule has 5 heteroatoms. The molecule has 5 nitrogen and oxygen atoms in total. The van der Waals surface area contributed by atoms with Gasteiger partial charge in [-0.3, -0.25) is 0 Å². The summed E-state index contributed by atoms with van der Waals surface area (Å²) in [6.07, 6.45) is 5.79. The molecule has 0 radical (unpaired) electrons. The molecule has 2 aliphatic rings. The molecule has 1 aromatic carbocycles. The number of benzene rings is 1. The largest absolute Gasteiger partial charge is 0.496 e. The van der Waals surface area contributed by atoms with Crippen LogP contribution in [0.5, 0.6) is 5.75 Å². The number of carbonyl (C=O) groups excluding carboxylic acids is 1. The van der Waals surface area contributed by atoms with Crippen molar-refractivity contribution in [3.05, 3.63) is 29.8 Å². The third-order valence-corrected chi connectivity index (χ3v) is 5.60. The molecule has 1 N–H and O–H groups in total. The first-order valence-corrected chi connectivity index (χ1v) is 9.46. The Morgan fingerprint density at radius 1 is 1.24 bits per heavy atom. The quantitative estimate of drug-likeness (QED) is 0.857. The molecule has 2 fully saturated rings. The third-order valence-electron chi connectivity index (χ3n) is 5.60. The molecule has 1 aliphatic carbocycles. The molecule has 1 unspecified atom stereocenters. The van der Waals surface area contributed by atoms with Crippen molar-refractivity contribution in [3.63, 3.8) is 0 Å². The van der Waals surface area contributed by atoms with Gasteiger partial charge in [0.25, 0.3) is 0 Å². The van der Waals surface area contributed by atoms with E-state index in [2.05, 4.69) is 12.2 Å². The molecular formula is C20H30N2O3. The first-order valence-electron chi connectivity index (χ1n) is 9.46. The lowest BCUT2D eigenvalue weighted by Crippen LogP contribution is -2.50. The zero-order chi connectivity index (χ0) is 17.6. The molecule has 0 spiro atoms. The summed E-state index contributed by atoms with van der Waals surface area (Å²) >= 11 is 0. The molecule has 1 saturated carbocycles. The van der Waals surface area contributed by atoms with Crippen molar-refractivity contribution in [3.8, 4) is 5.75 Å². The molecule has 1 heterocycles. The van der Waals surface area contributed by atoms with E-state index in [1.165, 1.54) is 19.3 Å². The number of nitrogens with zero attached hydrogens (tertiary/aromatic N) is 1. The number of piperidine rings is 1. The summed E-state index contributed by atoms with van der Waals surface area (Å²) in [6.45, 7) is 4.21. The number of methoxy groups -OCH3 is 1. The van der Waals surface area contributed by atoms with E-state index in [0.29, 0.717) is 18.6 Å². The number of nitrogens with one attached hydrogen (secondary N) is 1. The van der Waals surface area contributed by atoms with Crippen molar-refractivity contribution in [2.45, 2.75) is 57.8 Å². The molecule has 3 rings (SSSR count). The number of likely N-dealkylation sites (tertiary alicyclic amines) is 1. The number of urea groups is 1. The number of para-hydroxylation sites is 1. The highest BCUT2D eigenvalue weighted by molar-refractivity contribution is 5.74. The molecule has 0 aromatic heterocycles. The highest BCUT2D eigenvalue weighted by Crippen LogP contribution is 2.29. The van der Waals surface area contributed by atoms with Crippen molar-refractivity contribution in [1.82, 2.24) is 10.2 Å². The standard InChI is InChI=1S/C20H30N2O3/c1-15(16-7-5-8-16)21-20(23)22-12-10-18(11-13-22)25-14-17-6-3-4-9-19(17)24-2/h3-4,6,9,15-16,18H,5,7-8,10-14H2,1-2H3,(H,21,23). The summed E-state index contributed by atoms with van der Waals surface area (Å²) in [4.78, 5) is 14.3. The smallest absolute Gasteiger partial charge is 0.317 e. The van der Waals surface area contributed by atoms with E-state index in [1.54, 1.807) is 7.11 Å². The van der Waals surface area contributed by atoms with Crippen LogP contribution in [0.1, 0.15) is 44.6 Å². The van der Waals surface area contributed by atoms with Gasteiger partial charge >= 0.3 is 6.03 Å². The molecule has 138 valence electrons. The van der Waals surface area contributed by atoms with Crippen LogP contribution in [-0.4, -0.2) is 43.3 Å². The van der Waals surface area contributed by atoms with Gasteiger partial charge in [0.1, 0.15) is 5.75 Å². The second kappa shape index (κ2) is 8.56. The van der Waals surface area contributed by atoms with Gasteiger partial charge in [0.15, 0.2) is 0 Å². The molecule has 1 saturated heterocycles.